The van der Waals surface area contributed by atoms with Crippen molar-refractivity contribution in [1.82, 2.24) is 0 Å². The van der Waals surface area contributed by atoms with Crippen molar-refractivity contribution in [3.8, 4) is 0 Å². The molecule has 0 aliphatic carbocycles. The maximum atomic E-state index is 12.4. The summed E-state index contributed by atoms with van der Waals surface area (Å²) in [6, 6.07) is 30.8. The lowest BCUT2D eigenvalue weighted by molar-refractivity contribution is 0.103. The molecular formula is C34H38N2O2S. The Balaban J connectivity index is 0.000000195. The van der Waals surface area contributed by atoms with Crippen LogP contribution >= 0.6 is 11.3 Å². The predicted molar refractivity (Wildman–Crippen MR) is 171 cm³/mol. The Labute approximate surface area is 236 Å². The number of hydrogen-bond acceptors (Lipinski definition) is 5. The quantitative estimate of drug-likeness (QED) is 0.171. The van der Waals surface area contributed by atoms with E-state index in [0.29, 0.717) is 11.1 Å². The zero-order valence-electron chi connectivity index (χ0n) is 23.9. The first-order chi connectivity index (χ1) is 18.6. The van der Waals surface area contributed by atoms with Crippen molar-refractivity contribution in [1.29, 1.82) is 0 Å². The van der Waals surface area contributed by atoms with E-state index < -0.39 is 0 Å². The zero-order chi connectivity index (χ0) is 28.5. The van der Waals surface area contributed by atoms with Crippen LogP contribution in [0.15, 0.2) is 102 Å². The minimum absolute atomic E-state index is 0.0561. The van der Waals surface area contributed by atoms with Crippen molar-refractivity contribution in [3.63, 3.8) is 0 Å². The van der Waals surface area contributed by atoms with E-state index in [2.05, 4.69) is 20.8 Å². The van der Waals surface area contributed by atoms with Gasteiger partial charge < -0.3 is 9.80 Å². The molecule has 0 spiro atoms. The second-order valence-electron chi connectivity index (χ2n) is 10.4. The number of fused-ring (bicyclic) bond motifs is 2. The molecule has 0 unspecified atom stereocenters. The predicted octanol–water partition coefficient (Wildman–Crippen LogP) is 8.13. The van der Waals surface area contributed by atoms with E-state index in [1.165, 1.54) is 0 Å². The summed E-state index contributed by atoms with van der Waals surface area (Å²) in [6.45, 7) is 6.50. The standard InChI is InChI=1S/C17H20N2O.C13H8OS.C4H10/c1-18(2)15-9-5-13(6-10-15)17(20)14-7-11-16(12-8-14)19(3)4;14-13-9-5-1-3-7-11(9)15-12-8-4-2-6-10(12)13;1-4(2)3/h5-12H,1-4H3;1-8H;4H,1-3H3. The summed E-state index contributed by atoms with van der Waals surface area (Å²) in [4.78, 5) is 28.5. The molecule has 202 valence electrons. The average molecular weight is 539 g/mol. The van der Waals surface area contributed by atoms with Crippen molar-refractivity contribution in [3.05, 3.63) is 118 Å². The Bertz CT molecular complexity index is 1450. The smallest absolute Gasteiger partial charge is 0.195 e. The van der Waals surface area contributed by atoms with E-state index in [-0.39, 0.29) is 11.2 Å². The minimum Gasteiger partial charge on any atom is -0.378 e. The molecule has 0 bridgehead atoms. The summed E-state index contributed by atoms with van der Waals surface area (Å²) >= 11 is 1.67. The van der Waals surface area contributed by atoms with Gasteiger partial charge in [0.1, 0.15) is 0 Å². The van der Waals surface area contributed by atoms with E-state index in [4.69, 9.17) is 0 Å². The lowest BCUT2D eigenvalue weighted by atomic mass is 10.0. The highest BCUT2D eigenvalue weighted by Gasteiger charge is 2.09. The fourth-order valence-corrected chi connectivity index (χ4v) is 4.81. The number of anilines is 2. The topological polar surface area (TPSA) is 40.6 Å². The summed E-state index contributed by atoms with van der Waals surface area (Å²) in [5.74, 6) is 0.889. The van der Waals surface area contributed by atoms with Crippen LogP contribution in [0, 0.1) is 5.92 Å². The molecule has 0 saturated carbocycles. The molecule has 0 radical (unpaired) electrons. The van der Waals surface area contributed by atoms with Gasteiger partial charge in [-0.05, 0) is 78.7 Å². The van der Waals surface area contributed by atoms with Gasteiger partial charge in [0, 0.05) is 70.9 Å². The van der Waals surface area contributed by atoms with E-state index in [9.17, 15) is 9.59 Å². The van der Waals surface area contributed by atoms with Gasteiger partial charge in [-0.3, -0.25) is 9.59 Å². The van der Waals surface area contributed by atoms with Gasteiger partial charge in [-0.1, -0.05) is 45.0 Å². The Morgan fingerprint density at radius 1 is 0.590 bits per heavy atom. The molecule has 0 aliphatic rings. The van der Waals surface area contributed by atoms with Crippen LogP contribution in [-0.2, 0) is 0 Å². The number of nitrogens with zero attached hydrogens (tertiary/aromatic N) is 2. The van der Waals surface area contributed by atoms with Crippen molar-refractivity contribution in [2.24, 2.45) is 5.92 Å². The molecule has 0 saturated heterocycles. The number of carbonyl (C=O) groups excluding carboxylic acids is 1. The van der Waals surface area contributed by atoms with E-state index in [1.54, 1.807) is 11.3 Å². The van der Waals surface area contributed by atoms with E-state index in [0.717, 1.165) is 37.5 Å². The molecule has 39 heavy (non-hydrogen) atoms. The largest absolute Gasteiger partial charge is 0.378 e. The molecular weight excluding hydrogens is 500 g/mol. The maximum Gasteiger partial charge on any atom is 0.195 e. The third-order valence-electron chi connectivity index (χ3n) is 5.78. The molecule has 1 aromatic heterocycles. The molecule has 5 heteroatoms. The maximum absolute atomic E-state index is 12.4. The van der Waals surface area contributed by atoms with Gasteiger partial charge in [-0.2, -0.15) is 0 Å². The number of hydrogen-bond donors (Lipinski definition) is 0. The number of rotatable bonds is 4. The average Bonchev–Trinajstić information content (AvgIpc) is 2.93. The lowest BCUT2D eigenvalue weighted by Gasteiger charge is -2.13. The van der Waals surface area contributed by atoms with Crippen LogP contribution in [0.5, 0.6) is 0 Å². The highest BCUT2D eigenvalue weighted by molar-refractivity contribution is 7.24. The van der Waals surface area contributed by atoms with Crippen LogP contribution in [0.3, 0.4) is 0 Å². The summed E-state index contributed by atoms with van der Waals surface area (Å²) in [5.41, 5.74) is 3.75. The summed E-state index contributed by atoms with van der Waals surface area (Å²) in [7, 11) is 7.93. The fraction of sp³-hybridized carbons (Fsp3) is 0.235. The number of carbonyl (C=O) groups is 1. The highest BCUT2D eigenvalue weighted by atomic mass is 32.1. The van der Waals surface area contributed by atoms with E-state index >= 15 is 0 Å². The lowest BCUT2D eigenvalue weighted by Crippen LogP contribution is -2.10. The first-order valence-corrected chi connectivity index (χ1v) is 13.9. The Morgan fingerprint density at radius 3 is 1.26 bits per heavy atom. The molecule has 0 aliphatic heterocycles. The zero-order valence-corrected chi connectivity index (χ0v) is 24.8. The van der Waals surface area contributed by atoms with Crippen LogP contribution in [0.25, 0.3) is 20.2 Å². The SMILES string of the molecule is CC(C)C.CN(C)c1ccc(C(=O)c2ccc(N(C)C)cc2)cc1.O=c1c2ccccc2sc2ccccc12. The second kappa shape index (κ2) is 13.7. The molecule has 5 rings (SSSR count). The first kappa shape index (κ1) is 29.6. The molecule has 0 N–H and O–H groups in total. The minimum atomic E-state index is 0.0561. The summed E-state index contributed by atoms with van der Waals surface area (Å²) in [6.07, 6.45) is 0. The summed E-state index contributed by atoms with van der Waals surface area (Å²) < 4.78 is 2.11. The van der Waals surface area contributed by atoms with Crippen molar-refractivity contribution in [2.75, 3.05) is 38.0 Å². The third-order valence-corrected chi connectivity index (χ3v) is 6.93. The van der Waals surface area contributed by atoms with Gasteiger partial charge in [-0.15, -0.1) is 11.3 Å². The third kappa shape index (κ3) is 8.01. The Kier molecular flexibility index (Phi) is 10.4. The van der Waals surface area contributed by atoms with Crippen LogP contribution in [0.4, 0.5) is 11.4 Å². The van der Waals surface area contributed by atoms with Crippen LogP contribution in [0.2, 0.25) is 0 Å². The molecule has 0 amide bonds. The summed E-state index contributed by atoms with van der Waals surface area (Å²) in [5, 5.41) is 1.64. The van der Waals surface area contributed by atoms with Crippen molar-refractivity contribution in [2.45, 2.75) is 20.8 Å². The fourth-order valence-electron chi connectivity index (χ4n) is 3.74. The van der Waals surface area contributed by atoms with Gasteiger partial charge in [0.05, 0.1) is 0 Å². The highest BCUT2D eigenvalue weighted by Crippen LogP contribution is 2.23. The molecule has 0 fully saturated rings. The van der Waals surface area contributed by atoms with Crippen molar-refractivity contribution < 1.29 is 4.79 Å². The van der Waals surface area contributed by atoms with Gasteiger partial charge in [0.25, 0.3) is 0 Å². The van der Waals surface area contributed by atoms with Crippen LogP contribution in [-0.4, -0.2) is 34.0 Å². The van der Waals surface area contributed by atoms with Gasteiger partial charge in [-0.25, -0.2) is 0 Å². The molecule has 5 aromatic rings. The van der Waals surface area contributed by atoms with Gasteiger partial charge in [0.15, 0.2) is 11.2 Å². The Morgan fingerprint density at radius 2 is 0.923 bits per heavy atom. The molecule has 4 aromatic carbocycles. The molecule has 4 nitrogen and oxygen atoms in total. The Hall–Kier alpha value is -3.96. The van der Waals surface area contributed by atoms with E-state index in [1.807, 2.05) is 135 Å². The van der Waals surface area contributed by atoms with Gasteiger partial charge in [0.2, 0.25) is 0 Å². The van der Waals surface area contributed by atoms with Crippen molar-refractivity contribution >= 4 is 48.7 Å². The molecule has 1 heterocycles. The first-order valence-electron chi connectivity index (χ1n) is 13.1. The monoisotopic (exact) mass is 538 g/mol. The number of benzene rings is 4. The second-order valence-corrected chi connectivity index (χ2v) is 11.5. The molecule has 0 atom stereocenters. The van der Waals surface area contributed by atoms with Gasteiger partial charge >= 0.3 is 0 Å². The normalized spacial score (nSPS) is 10.4. The van der Waals surface area contributed by atoms with Crippen LogP contribution < -0.4 is 15.2 Å². The van der Waals surface area contributed by atoms with Crippen LogP contribution in [0.1, 0.15) is 36.7 Å². The number of ketones is 1.